The molecular weight excluding hydrogens is 334 g/mol. The number of aromatic nitrogens is 2. The maximum Gasteiger partial charge on any atom is 0.268 e. The van der Waals surface area contributed by atoms with E-state index in [4.69, 9.17) is 10.5 Å². The van der Waals surface area contributed by atoms with Crippen molar-refractivity contribution in [2.24, 2.45) is 23.5 Å². The highest BCUT2D eigenvalue weighted by Crippen LogP contribution is 2.42. The molecule has 3 heterocycles. The zero-order valence-electron chi connectivity index (χ0n) is 14.8. The molecule has 1 aromatic rings. The number of nitrogens with two attached hydrogens (primary N) is 1. The van der Waals surface area contributed by atoms with Crippen molar-refractivity contribution in [3.05, 3.63) is 18.1 Å². The van der Waals surface area contributed by atoms with Crippen molar-refractivity contribution in [2.75, 3.05) is 31.2 Å². The van der Waals surface area contributed by atoms with Gasteiger partial charge in [0.1, 0.15) is 11.5 Å². The van der Waals surface area contributed by atoms with E-state index in [9.17, 15) is 9.59 Å². The van der Waals surface area contributed by atoms with E-state index in [1.54, 1.807) is 6.20 Å². The highest BCUT2D eigenvalue weighted by Gasteiger charge is 2.44. The molecule has 0 unspecified atom stereocenters. The molecule has 0 spiro atoms. The standard InChI is InChI=1S/C18H25N5O3/c19-17(24)14-7-20-8-16(21-14)23-9-13(11-1-2-11)15(10-23)22-18(25)12-3-5-26-6-4-12/h7-8,11-13,15H,1-6,9-10H2,(H2,19,24)(H,22,25)/t13-,15+/m1/s1. The van der Waals surface area contributed by atoms with E-state index in [2.05, 4.69) is 20.2 Å². The Bertz CT molecular complexity index is 687. The van der Waals surface area contributed by atoms with Crippen LogP contribution in [0, 0.1) is 17.8 Å². The molecule has 0 bridgehead atoms. The van der Waals surface area contributed by atoms with E-state index in [-0.39, 0.29) is 23.6 Å². The molecule has 3 N–H and O–H groups in total. The number of nitrogens with zero attached hydrogens (tertiary/aromatic N) is 3. The third-order valence-corrected chi connectivity index (χ3v) is 5.71. The Morgan fingerprint density at radius 2 is 1.92 bits per heavy atom. The average Bonchev–Trinajstić information content (AvgIpc) is 3.43. The highest BCUT2D eigenvalue weighted by atomic mass is 16.5. The second-order valence-electron chi connectivity index (χ2n) is 7.53. The van der Waals surface area contributed by atoms with E-state index >= 15 is 0 Å². The Hall–Kier alpha value is -2.22. The molecule has 2 amide bonds. The van der Waals surface area contributed by atoms with Gasteiger partial charge in [-0.3, -0.25) is 14.6 Å². The first-order chi connectivity index (χ1) is 12.6. The summed E-state index contributed by atoms with van der Waals surface area (Å²) >= 11 is 0. The molecule has 1 saturated carbocycles. The Morgan fingerprint density at radius 3 is 2.62 bits per heavy atom. The predicted octanol–water partition coefficient (Wildman–Crippen LogP) is 0.333. The van der Waals surface area contributed by atoms with Gasteiger partial charge in [0.05, 0.1) is 18.4 Å². The first-order valence-electron chi connectivity index (χ1n) is 9.36. The molecule has 0 radical (unpaired) electrons. The van der Waals surface area contributed by atoms with Gasteiger partial charge in [0.15, 0.2) is 0 Å². The van der Waals surface area contributed by atoms with Gasteiger partial charge in [-0.25, -0.2) is 4.98 Å². The van der Waals surface area contributed by atoms with Crippen LogP contribution >= 0.6 is 0 Å². The summed E-state index contributed by atoms with van der Waals surface area (Å²) in [6.07, 6.45) is 7.05. The highest BCUT2D eigenvalue weighted by molar-refractivity contribution is 5.90. The van der Waals surface area contributed by atoms with Crippen molar-refractivity contribution < 1.29 is 14.3 Å². The van der Waals surface area contributed by atoms with Crippen LogP contribution in [0.4, 0.5) is 5.82 Å². The molecule has 2 atom stereocenters. The lowest BCUT2D eigenvalue weighted by atomic mass is 9.95. The Labute approximate surface area is 152 Å². The van der Waals surface area contributed by atoms with Crippen LogP contribution in [0.3, 0.4) is 0 Å². The van der Waals surface area contributed by atoms with E-state index in [1.165, 1.54) is 19.0 Å². The minimum absolute atomic E-state index is 0.0515. The fraction of sp³-hybridized carbons (Fsp3) is 0.667. The van der Waals surface area contributed by atoms with Crippen LogP contribution in [0.5, 0.6) is 0 Å². The summed E-state index contributed by atoms with van der Waals surface area (Å²) in [6.45, 7) is 2.83. The molecule has 26 heavy (non-hydrogen) atoms. The number of nitrogens with one attached hydrogen (secondary N) is 1. The number of anilines is 1. The number of ether oxygens (including phenoxy) is 1. The molecule has 1 aromatic heterocycles. The van der Waals surface area contributed by atoms with Gasteiger partial charge >= 0.3 is 0 Å². The van der Waals surface area contributed by atoms with Crippen LogP contribution in [0.1, 0.15) is 36.2 Å². The minimum atomic E-state index is -0.582. The third kappa shape index (κ3) is 3.65. The molecule has 3 fully saturated rings. The second kappa shape index (κ2) is 7.19. The quantitative estimate of drug-likeness (QED) is 0.784. The summed E-state index contributed by atoms with van der Waals surface area (Å²) < 4.78 is 5.35. The van der Waals surface area contributed by atoms with Gasteiger partial charge in [0.25, 0.3) is 5.91 Å². The fourth-order valence-electron chi connectivity index (χ4n) is 4.06. The molecule has 3 aliphatic rings. The number of hydrogen-bond acceptors (Lipinski definition) is 6. The smallest absolute Gasteiger partial charge is 0.268 e. The van der Waals surface area contributed by atoms with Crippen LogP contribution in [0.2, 0.25) is 0 Å². The topological polar surface area (TPSA) is 110 Å². The van der Waals surface area contributed by atoms with Crippen LogP contribution in [0.25, 0.3) is 0 Å². The number of hydrogen-bond donors (Lipinski definition) is 2. The normalized spacial score (nSPS) is 26.7. The maximum absolute atomic E-state index is 12.7. The van der Waals surface area contributed by atoms with E-state index in [0.717, 1.165) is 19.4 Å². The lowest BCUT2D eigenvalue weighted by Crippen LogP contribution is -2.45. The number of rotatable bonds is 5. The molecule has 140 valence electrons. The zero-order valence-corrected chi connectivity index (χ0v) is 14.8. The van der Waals surface area contributed by atoms with Crippen molar-refractivity contribution in [1.29, 1.82) is 0 Å². The Kier molecular flexibility index (Phi) is 4.76. The van der Waals surface area contributed by atoms with Crippen molar-refractivity contribution in [1.82, 2.24) is 15.3 Å². The van der Waals surface area contributed by atoms with Crippen LogP contribution in [-0.4, -0.2) is 54.1 Å². The lowest BCUT2D eigenvalue weighted by molar-refractivity contribution is -0.128. The molecule has 2 saturated heterocycles. The van der Waals surface area contributed by atoms with Gasteiger partial charge in [-0.05, 0) is 31.6 Å². The van der Waals surface area contributed by atoms with E-state index in [1.807, 2.05) is 0 Å². The minimum Gasteiger partial charge on any atom is -0.381 e. The molecule has 8 heteroatoms. The van der Waals surface area contributed by atoms with Crippen molar-refractivity contribution >= 4 is 17.6 Å². The summed E-state index contributed by atoms with van der Waals surface area (Å²) in [6, 6.07) is 0.108. The van der Waals surface area contributed by atoms with Crippen molar-refractivity contribution in [3.8, 4) is 0 Å². The maximum atomic E-state index is 12.7. The van der Waals surface area contributed by atoms with Gasteiger partial charge in [0.2, 0.25) is 5.91 Å². The summed E-state index contributed by atoms with van der Waals surface area (Å²) in [5, 5.41) is 3.28. The number of carbonyl (C=O) groups is 2. The van der Waals surface area contributed by atoms with Gasteiger partial charge in [-0.1, -0.05) is 0 Å². The number of amides is 2. The molecule has 8 nitrogen and oxygen atoms in total. The molecule has 2 aliphatic heterocycles. The lowest BCUT2D eigenvalue weighted by Gasteiger charge is -2.25. The fourth-order valence-corrected chi connectivity index (χ4v) is 4.06. The predicted molar refractivity (Wildman–Crippen MR) is 94.5 cm³/mol. The van der Waals surface area contributed by atoms with Gasteiger partial charge in [0, 0.05) is 38.1 Å². The number of primary amides is 1. The summed E-state index contributed by atoms with van der Waals surface area (Å²) in [5.74, 6) is 1.33. The SMILES string of the molecule is NC(=O)c1cncc(N2C[C@H](NC(=O)C3CCOCC3)[C@@H](C3CC3)C2)n1. The third-order valence-electron chi connectivity index (χ3n) is 5.71. The van der Waals surface area contributed by atoms with Crippen LogP contribution < -0.4 is 16.0 Å². The first-order valence-corrected chi connectivity index (χ1v) is 9.36. The zero-order chi connectivity index (χ0) is 18.1. The average molecular weight is 359 g/mol. The van der Waals surface area contributed by atoms with Crippen molar-refractivity contribution in [2.45, 2.75) is 31.7 Å². The Morgan fingerprint density at radius 1 is 1.15 bits per heavy atom. The largest absolute Gasteiger partial charge is 0.381 e. The molecule has 1 aliphatic carbocycles. The summed E-state index contributed by atoms with van der Waals surface area (Å²) in [5.41, 5.74) is 5.48. The number of carbonyl (C=O) groups excluding carboxylic acids is 2. The van der Waals surface area contributed by atoms with E-state index < -0.39 is 5.91 Å². The molecule has 4 rings (SSSR count). The summed E-state index contributed by atoms with van der Waals surface area (Å²) in [4.78, 5) is 34.6. The first kappa shape index (κ1) is 17.2. The van der Waals surface area contributed by atoms with E-state index in [0.29, 0.717) is 37.4 Å². The van der Waals surface area contributed by atoms with Crippen LogP contribution in [-0.2, 0) is 9.53 Å². The Balaban J connectivity index is 1.46. The van der Waals surface area contributed by atoms with Gasteiger partial charge in [-0.15, -0.1) is 0 Å². The second-order valence-corrected chi connectivity index (χ2v) is 7.53. The molecular formula is C18H25N5O3. The van der Waals surface area contributed by atoms with Crippen molar-refractivity contribution in [3.63, 3.8) is 0 Å². The van der Waals surface area contributed by atoms with Crippen LogP contribution in [0.15, 0.2) is 12.4 Å². The monoisotopic (exact) mass is 359 g/mol. The van der Waals surface area contributed by atoms with Gasteiger partial charge in [-0.2, -0.15) is 0 Å². The molecule has 0 aromatic carbocycles. The van der Waals surface area contributed by atoms with Gasteiger partial charge < -0.3 is 20.7 Å². The summed E-state index contributed by atoms with van der Waals surface area (Å²) in [7, 11) is 0.